The molecule has 2 aromatic carbocycles. The van der Waals surface area contributed by atoms with Gasteiger partial charge in [-0.15, -0.1) is 0 Å². The van der Waals surface area contributed by atoms with Crippen LogP contribution in [-0.2, 0) is 0 Å². The molecule has 0 aliphatic heterocycles. The lowest BCUT2D eigenvalue weighted by atomic mass is 10.0. The van der Waals surface area contributed by atoms with Crippen molar-refractivity contribution in [3.63, 3.8) is 0 Å². The molecule has 0 spiro atoms. The Morgan fingerprint density at radius 1 is 1.05 bits per heavy atom. The van der Waals surface area contributed by atoms with Gasteiger partial charge in [0.25, 0.3) is 0 Å². The molecule has 0 fully saturated rings. The van der Waals surface area contributed by atoms with Crippen molar-refractivity contribution >= 4 is 16.9 Å². The number of carboxylic acids is 1. The number of benzene rings is 2. The lowest BCUT2D eigenvalue weighted by molar-refractivity contribution is 0.0697. The Morgan fingerprint density at radius 3 is 2.60 bits per heavy atom. The van der Waals surface area contributed by atoms with Crippen LogP contribution in [0.3, 0.4) is 0 Å². The minimum atomic E-state index is -0.932. The fraction of sp³-hybridized carbons (Fsp3) is 0.118. The van der Waals surface area contributed by atoms with Crippen LogP contribution in [0.2, 0.25) is 0 Å². The fourth-order valence-corrected chi connectivity index (χ4v) is 2.32. The highest BCUT2D eigenvalue weighted by atomic mass is 16.4. The molecule has 0 aliphatic carbocycles. The summed E-state index contributed by atoms with van der Waals surface area (Å²) in [7, 11) is 0. The van der Waals surface area contributed by atoms with E-state index in [-0.39, 0.29) is 5.56 Å². The quantitative estimate of drug-likeness (QED) is 0.747. The summed E-state index contributed by atoms with van der Waals surface area (Å²) in [5.74, 6) is -0.232. The molecule has 0 saturated heterocycles. The number of aryl methyl sites for hydroxylation is 2. The van der Waals surface area contributed by atoms with Gasteiger partial charge in [-0.1, -0.05) is 17.7 Å². The monoisotopic (exact) mass is 266 g/mol. The smallest absolute Gasteiger partial charge is 0.335 e. The van der Waals surface area contributed by atoms with Gasteiger partial charge in [-0.3, -0.25) is 0 Å². The normalized spacial score (nSPS) is 10.9. The maximum atomic E-state index is 11.1. The highest BCUT2D eigenvalue weighted by Gasteiger charge is 2.12. The maximum Gasteiger partial charge on any atom is 0.335 e. The summed E-state index contributed by atoms with van der Waals surface area (Å²) in [4.78, 5) is 11.1. The first-order valence-corrected chi connectivity index (χ1v) is 6.39. The number of aromatic carboxylic acids is 1. The molecule has 0 bridgehead atoms. The number of fused-ring (bicyclic) bond motifs is 1. The Balaban J connectivity index is 2.19. The Bertz CT molecular complexity index is 812. The molecule has 0 amide bonds. The summed E-state index contributed by atoms with van der Waals surface area (Å²) in [5.41, 5.74) is 4.05. The van der Waals surface area contributed by atoms with E-state index in [1.165, 1.54) is 5.56 Å². The second-order valence-corrected chi connectivity index (χ2v) is 4.99. The summed E-state index contributed by atoms with van der Waals surface area (Å²) < 4.78 is 5.83. The van der Waals surface area contributed by atoms with Gasteiger partial charge in [0.2, 0.25) is 0 Å². The predicted octanol–water partition coefficient (Wildman–Crippen LogP) is 4.41. The van der Waals surface area contributed by atoms with E-state index in [1.54, 1.807) is 18.2 Å². The molecule has 0 saturated carbocycles. The van der Waals surface area contributed by atoms with Gasteiger partial charge in [0.15, 0.2) is 0 Å². The molecule has 1 heterocycles. The van der Waals surface area contributed by atoms with E-state index in [0.29, 0.717) is 5.76 Å². The van der Waals surface area contributed by atoms with E-state index in [1.807, 2.05) is 32.0 Å². The highest BCUT2D eigenvalue weighted by molar-refractivity contribution is 5.90. The average Bonchev–Trinajstić information content (AvgIpc) is 2.81. The van der Waals surface area contributed by atoms with E-state index < -0.39 is 5.97 Å². The average molecular weight is 266 g/mol. The third-order valence-corrected chi connectivity index (χ3v) is 3.42. The molecule has 0 aliphatic rings. The van der Waals surface area contributed by atoms with Crippen LogP contribution < -0.4 is 0 Å². The van der Waals surface area contributed by atoms with Gasteiger partial charge < -0.3 is 9.52 Å². The zero-order valence-electron chi connectivity index (χ0n) is 11.3. The van der Waals surface area contributed by atoms with Crippen molar-refractivity contribution in [2.24, 2.45) is 0 Å². The molecule has 3 nitrogen and oxygen atoms in total. The van der Waals surface area contributed by atoms with Crippen LogP contribution in [0.1, 0.15) is 21.5 Å². The van der Waals surface area contributed by atoms with Crippen molar-refractivity contribution in [3.8, 4) is 11.3 Å². The predicted molar refractivity (Wildman–Crippen MR) is 78.1 cm³/mol. The van der Waals surface area contributed by atoms with E-state index in [2.05, 4.69) is 6.07 Å². The molecule has 3 aromatic rings. The van der Waals surface area contributed by atoms with Gasteiger partial charge in [0, 0.05) is 10.9 Å². The van der Waals surface area contributed by atoms with Crippen LogP contribution in [0.4, 0.5) is 0 Å². The summed E-state index contributed by atoms with van der Waals surface area (Å²) in [5, 5.41) is 10.1. The van der Waals surface area contributed by atoms with Crippen LogP contribution in [0.15, 0.2) is 46.9 Å². The Labute approximate surface area is 116 Å². The van der Waals surface area contributed by atoms with Crippen molar-refractivity contribution in [2.75, 3.05) is 0 Å². The van der Waals surface area contributed by atoms with Crippen molar-refractivity contribution in [1.29, 1.82) is 0 Å². The molecule has 3 heteroatoms. The lowest BCUT2D eigenvalue weighted by Crippen LogP contribution is -1.96. The molecule has 0 unspecified atom stereocenters. The molecule has 1 N–H and O–H groups in total. The molecule has 20 heavy (non-hydrogen) atoms. The Kier molecular flexibility index (Phi) is 2.83. The largest absolute Gasteiger partial charge is 0.478 e. The van der Waals surface area contributed by atoms with E-state index in [0.717, 1.165) is 22.1 Å². The van der Waals surface area contributed by atoms with Crippen LogP contribution in [0.5, 0.6) is 0 Å². The van der Waals surface area contributed by atoms with Crippen molar-refractivity contribution in [3.05, 3.63) is 59.2 Å². The first-order valence-electron chi connectivity index (χ1n) is 6.39. The zero-order valence-corrected chi connectivity index (χ0v) is 11.3. The molecule has 0 radical (unpaired) electrons. The fourth-order valence-electron chi connectivity index (χ4n) is 2.32. The van der Waals surface area contributed by atoms with Gasteiger partial charge in [0.05, 0.1) is 5.56 Å². The molecule has 3 rings (SSSR count). The topological polar surface area (TPSA) is 50.4 Å². The zero-order chi connectivity index (χ0) is 14.3. The SMILES string of the molecule is Cc1ccc2oc(-c3cc(C(=O)O)ccc3C)cc2c1. The van der Waals surface area contributed by atoms with Crippen molar-refractivity contribution in [1.82, 2.24) is 0 Å². The number of rotatable bonds is 2. The molecular weight excluding hydrogens is 252 g/mol. The molecular formula is C17H14O3. The summed E-state index contributed by atoms with van der Waals surface area (Å²) in [6.45, 7) is 3.97. The number of carbonyl (C=O) groups is 1. The van der Waals surface area contributed by atoms with Crippen LogP contribution in [0.25, 0.3) is 22.3 Å². The number of hydrogen-bond donors (Lipinski definition) is 1. The second kappa shape index (κ2) is 4.53. The number of furan rings is 1. The number of hydrogen-bond acceptors (Lipinski definition) is 2. The summed E-state index contributed by atoms with van der Waals surface area (Å²) in [6, 6.07) is 13.0. The molecule has 0 atom stereocenters. The van der Waals surface area contributed by atoms with Crippen LogP contribution in [0, 0.1) is 13.8 Å². The minimum Gasteiger partial charge on any atom is -0.478 e. The van der Waals surface area contributed by atoms with Crippen LogP contribution in [-0.4, -0.2) is 11.1 Å². The summed E-state index contributed by atoms with van der Waals surface area (Å²) in [6.07, 6.45) is 0. The maximum absolute atomic E-state index is 11.1. The second-order valence-electron chi connectivity index (χ2n) is 4.99. The van der Waals surface area contributed by atoms with Crippen LogP contribution >= 0.6 is 0 Å². The summed E-state index contributed by atoms with van der Waals surface area (Å²) >= 11 is 0. The first kappa shape index (κ1) is 12.5. The van der Waals surface area contributed by atoms with Crippen molar-refractivity contribution < 1.29 is 14.3 Å². The van der Waals surface area contributed by atoms with Gasteiger partial charge in [-0.05, 0) is 49.7 Å². The first-order chi connectivity index (χ1) is 9.54. The van der Waals surface area contributed by atoms with E-state index in [9.17, 15) is 4.79 Å². The van der Waals surface area contributed by atoms with Gasteiger partial charge in [-0.2, -0.15) is 0 Å². The number of carboxylic acid groups (broad SMARTS) is 1. The van der Waals surface area contributed by atoms with Crippen molar-refractivity contribution in [2.45, 2.75) is 13.8 Å². The molecule has 100 valence electrons. The highest BCUT2D eigenvalue weighted by Crippen LogP contribution is 2.31. The molecule has 1 aromatic heterocycles. The van der Waals surface area contributed by atoms with E-state index in [4.69, 9.17) is 9.52 Å². The third kappa shape index (κ3) is 2.07. The van der Waals surface area contributed by atoms with Gasteiger partial charge in [0.1, 0.15) is 11.3 Å². The third-order valence-electron chi connectivity index (χ3n) is 3.42. The van der Waals surface area contributed by atoms with Gasteiger partial charge >= 0.3 is 5.97 Å². The van der Waals surface area contributed by atoms with Gasteiger partial charge in [-0.25, -0.2) is 4.79 Å². The standard InChI is InChI=1S/C17H14O3/c1-10-3-6-15-13(7-10)9-16(20-15)14-8-12(17(18)19)5-4-11(14)2/h3-9H,1-2H3,(H,18,19). The van der Waals surface area contributed by atoms with E-state index >= 15 is 0 Å². The lowest BCUT2D eigenvalue weighted by Gasteiger charge is -2.03. The minimum absolute atomic E-state index is 0.266. The Hall–Kier alpha value is -2.55. The Morgan fingerprint density at radius 2 is 1.85 bits per heavy atom.